The number of nitriles is 2. The highest BCUT2D eigenvalue weighted by molar-refractivity contribution is 5.68. The molecule has 0 radical (unpaired) electrons. The molecule has 0 aliphatic heterocycles. The van der Waals surface area contributed by atoms with E-state index in [1.165, 1.54) is 0 Å². The Morgan fingerprint density at radius 3 is 2.11 bits per heavy atom. The van der Waals surface area contributed by atoms with E-state index in [9.17, 15) is 0 Å². The van der Waals surface area contributed by atoms with Crippen LogP contribution in [0.15, 0.2) is 54.1 Å². The quantitative estimate of drug-likeness (QED) is 0.428. The van der Waals surface area contributed by atoms with E-state index >= 15 is 0 Å². The Balaban J connectivity index is 2.20. The molecule has 0 aromatic heterocycles. The lowest BCUT2D eigenvalue weighted by molar-refractivity contribution is 0.146. The highest BCUT2D eigenvalue weighted by Gasteiger charge is 2.09. The van der Waals surface area contributed by atoms with Gasteiger partial charge in [0, 0.05) is 25.0 Å². The molecule has 5 nitrogen and oxygen atoms in total. The minimum Gasteiger partial charge on any atom is -0.491 e. The van der Waals surface area contributed by atoms with Gasteiger partial charge in [0.1, 0.15) is 30.1 Å². The number of nitrogens with zero attached hydrogens (tertiary/aromatic N) is 3. The van der Waals surface area contributed by atoms with E-state index in [-0.39, 0.29) is 5.57 Å². The molecule has 0 aliphatic carbocycles. The SMILES string of the molecule is CCCCN(c1ccc(C=C(C#N)C#N)cc1)c1ccc(OCCOC)cc1. The average molecular weight is 375 g/mol. The number of hydrogen-bond acceptors (Lipinski definition) is 5. The van der Waals surface area contributed by atoms with Crippen molar-refractivity contribution in [3.8, 4) is 17.9 Å². The first-order valence-corrected chi connectivity index (χ1v) is 9.33. The van der Waals surface area contributed by atoms with Crippen LogP contribution in [0.4, 0.5) is 11.4 Å². The second kappa shape index (κ2) is 11.4. The summed E-state index contributed by atoms with van der Waals surface area (Å²) in [7, 11) is 1.65. The molecule has 0 fully saturated rings. The minimum atomic E-state index is 0.0969. The van der Waals surface area contributed by atoms with Gasteiger partial charge in [0.25, 0.3) is 0 Å². The largest absolute Gasteiger partial charge is 0.491 e. The van der Waals surface area contributed by atoms with Crippen LogP contribution in [0.3, 0.4) is 0 Å². The Hall–Kier alpha value is -3.28. The molecule has 0 heterocycles. The lowest BCUT2D eigenvalue weighted by Gasteiger charge is -2.25. The number of hydrogen-bond donors (Lipinski definition) is 0. The number of rotatable bonds is 10. The minimum absolute atomic E-state index is 0.0969. The van der Waals surface area contributed by atoms with Crippen molar-refractivity contribution in [3.05, 3.63) is 59.7 Å². The molecule has 0 saturated heterocycles. The van der Waals surface area contributed by atoms with Crippen LogP contribution in [0.2, 0.25) is 0 Å². The molecular formula is C23H25N3O2. The Labute approximate surface area is 167 Å². The van der Waals surface area contributed by atoms with E-state index in [0.29, 0.717) is 13.2 Å². The van der Waals surface area contributed by atoms with Crippen molar-refractivity contribution < 1.29 is 9.47 Å². The first-order valence-electron chi connectivity index (χ1n) is 9.33. The Bertz CT molecular complexity index is 827. The van der Waals surface area contributed by atoms with Crippen LogP contribution in [0, 0.1) is 22.7 Å². The zero-order chi connectivity index (χ0) is 20.2. The van der Waals surface area contributed by atoms with Gasteiger partial charge in [0.05, 0.1) is 6.61 Å². The van der Waals surface area contributed by atoms with E-state index in [4.69, 9.17) is 20.0 Å². The van der Waals surface area contributed by atoms with E-state index in [1.807, 2.05) is 48.5 Å². The van der Waals surface area contributed by atoms with Crippen LogP contribution in [0.5, 0.6) is 5.75 Å². The molecule has 2 aromatic rings. The summed E-state index contributed by atoms with van der Waals surface area (Å²) in [5, 5.41) is 17.8. The first-order chi connectivity index (χ1) is 13.7. The van der Waals surface area contributed by atoms with Gasteiger partial charge in [-0.15, -0.1) is 0 Å². The normalized spacial score (nSPS) is 9.86. The van der Waals surface area contributed by atoms with E-state index in [1.54, 1.807) is 13.2 Å². The van der Waals surface area contributed by atoms with Crippen molar-refractivity contribution in [1.29, 1.82) is 10.5 Å². The smallest absolute Gasteiger partial charge is 0.130 e. The lowest BCUT2D eigenvalue weighted by atomic mass is 10.1. The third-order valence-corrected chi connectivity index (χ3v) is 4.20. The molecule has 0 aliphatic rings. The zero-order valence-electron chi connectivity index (χ0n) is 16.4. The third kappa shape index (κ3) is 6.16. The zero-order valence-corrected chi connectivity index (χ0v) is 16.4. The third-order valence-electron chi connectivity index (χ3n) is 4.20. The Kier molecular flexibility index (Phi) is 8.59. The fourth-order valence-electron chi connectivity index (χ4n) is 2.70. The maximum atomic E-state index is 8.90. The predicted octanol–water partition coefficient (Wildman–Crippen LogP) is 5.08. The summed E-state index contributed by atoms with van der Waals surface area (Å²) in [5.74, 6) is 0.817. The summed E-state index contributed by atoms with van der Waals surface area (Å²) < 4.78 is 10.6. The van der Waals surface area contributed by atoms with Crippen molar-refractivity contribution in [1.82, 2.24) is 0 Å². The van der Waals surface area contributed by atoms with Crippen molar-refractivity contribution in [2.75, 3.05) is 31.8 Å². The molecule has 2 rings (SSSR count). The summed E-state index contributed by atoms with van der Waals surface area (Å²) in [6, 6.07) is 19.7. The van der Waals surface area contributed by atoms with Crippen molar-refractivity contribution >= 4 is 17.5 Å². The monoisotopic (exact) mass is 375 g/mol. The van der Waals surface area contributed by atoms with E-state index < -0.39 is 0 Å². The second-order valence-electron chi connectivity index (χ2n) is 6.21. The van der Waals surface area contributed by atoms with Crippen LogP contribution < -0.4 is 9.64 Å². The van der Waals surface area contributed by atoms with Crippen LogP contribution in [-0.4, -0.2) is 26.9 Å². The van der Waals surface area contributed by atoms with Crippen LogP contribution in [-0.2, 0) is 4.74 Å². The molecular weight excluding hydrogens is 350 g/mol. The molecule has 0 amide bonds. The standard InChI is InChI=1S/C23H25N3O2/c1-3-4-13-26(22-9-11-23(12-10-22)28-15-14-27-2)21-7-5-19(6-8-21)16-20(17-24)18-25/h5-12,16H,3-4,13-15H2,1-2H3. The van der Waals surface area contributed by atoms with Crippen molar-refractivity contribution in [2.24, 2.45) is 0 Å². The molecule has 2 aromatic carbocycles. The molecule has 0 bridgehead atoms. The highest BCUT2D eigenvalue weighted by Crippen LogP contribution is 2.28. The summed E-state index contributed by atoms with van der Waals surface area (Å²) >= 11 is 0. The lowest BCUT2D eigenvalue weighted by Crippen LogP contribution is -2.18. The average Bonchev–Trinajstić information content (AvgIpc) is 2.74. The molecule has 0 saturated carbocycles. The summed E-state index contributed by atoms with van der Waals surface area (Å²) in [6.45, 7) is 4.16. The summed E-state index contributed by atoms with van der Waals surface area (Å²) in [6.07, 6.45) is 3.76. The van der Waals surface area contributed by atoms with Gasteiger partial charge in [0.2, 0.25) is 0 Å². The number of ether oxygens (including phenoxy) is 2. The maximum Gasteiger partial charge on any atom is 0.130 e. The number of methoxy groups -OCH3 is 1. The van der Waals surface area contributed by atoms with Gasteiger partial charge in [-0.1, -0.05) is 25.5 Å². The predicted molar refractivity (Wildman–Crippen MR) is 111 cm³/mol. The molecule has 28 heavy (non-hydrogen) atoms. The number of unbranched alkanes of at least 4 members (excludes halogenated alkanes) is 1. The topological polar surface area (TPSA) is 69.3 Å². The van der Waals surface area contributed by atoms with E-state index in [2.05, 4.69) is 24.0 Å². The number of anilines is 2. The van der Waals surface area contributed by atoms with Gasteiger partial charge in [0.15, 0.2) is 0 Å². The Morgan fingerprint density at radius 1 is 0.964 bits per heavy atom. The first kappa shape index (κ1) is 21.0. The van der Waals surface area contributed by atoms with Crippen molar-refractivity contribution in [3.63, 3.8) is 0 Å². The van der Waals surface area contributed by atoms with Crippen LogP contribution in [0.1, 0.15) is 25.3 Å². The van der Waals surface area contributed by atoms with Gasteiger partial charge in [-0.25, -0.2) is 0 Å². The van der Waals surface area contributed by atoms with Gasteiger partial charge in [-0.3, -0.25) is 0 Å². The Morgan fingerprint density at radius 2 is 1.57 bits per heavy atom. The molecule has 144 valence electrons. The summed E-state index contributed by atoms with van der Waals surface area (Å²) in [5.41, 5.74) is 3.08. The van der Waals surface area contributed by atoms with Gasteiger partial charge in [-0.05, 0) is 54.5 Å². The van der Waals surface area contributed by atoms with E-state index in [0.717, 1.165) is 42.1 Å². The van der Waals surface area contributed by atoms with Crippen LogP contribution in [0.25, 0.3) is 6.08 Å². The molecule has 0 N–H and O–H groups in total. The van der Waals surface area contributed by atoms with Crippen molar-refractivity contribution in [2.45, 2.75) is 19.8 Å². The van der Waals surface area contributed by atoms with Gasteiger partial charge >= 0.3 is 0 Å². The highest BCUT2D eigenvalue weighted by atomic mass is 16.5. The summed E-state index contributed by atoms with van der Waals surface area (Å²) in [4.78, 5) is 2.26. The fraction of sp³-hybridized carbons (Fsp3) is 0.304. The molecule has 0 spiro atoms. The van der Waals surface area contributed by atoms with Gasteiger partial charge in [-0.2, -0.15) is 10.5 Å². The van der Waals surface area contributed by atoms with Gasteiger partial charge < -0.3 is 14.4 Å². The maximum absolute atomic E-state index is 8.90. The molecule has 0 atom stereocenters. The second-order valence-corrected chi connectivity index (χ2v) is 6.21. The van der Waals surface area contributed by atoms with Crippen LogP contribution >= 0.6 is 0 Å². The number of allylic oxidation sites excluding steroid dienone is 1. The molecule has 5 heteroatoms. The fourth-order valence-corrected chi connectivity index (χ4v) is 2.70. The number of benzene rings is 2. The molecule has 0 unspecified atom stereocenters.